The topological polar surface area (TPSA) is 226 Å². The monoisotopic (exact) mass is 611 g/mol. The normalized spacial score (nSPS) is 25.1. The minimum absolute atomic E-state index is 0.102. The number of ether oxygens (including phenoxy) is 4. The van der Waals surface area contributed by atoms with Gasteiger partial charge < -0.3 is 49.4 Å². The van der Waals surface area contributed by atoms with Crippen LogP contribution < -0.4 is 10.3 Å². The molecule has 0 bridgehead atoms. The quantitative estimate of drug-likeness (QED) is 0.0678. The number of anilines is 2. The Labute approximate surface area is 235 Å². The van der Waals surface area contributed by atoms with Crippen LogP contribution in [-0.4, -0.2) is 117 Å². The lowest BCUT2D eigenvalue weighted by Crippen LogP contribution is -2.46. The Bertz CT molecular complexity index is 1090. The molecule has 40 heavy (non-hydrogen) atoms. The van der Waals surface area contributed by atoms with E-state index in [-0.39, 0.29) is 17.1 Å². The highest BCUT2D eigenvalue weighted by Gasteiger charge is 2.52. The zero-order valence-corrected chi connectivity index (χ0v) is 23.7. The molecule has 226 valence electrons. The predicted molar refractivity (Wildman–Crippen MR) is 141 cm³/mol. The maximum Gasteiger partial charge on any atom is 0.361 e. The SMILES string of the molecule is C=NN(c1nc(Cl)nc(NC2CCCC2)c1C)[C@@H]1O[C@H](CO[C@](COC)(COCC(=O)O)P(=O)(O)O)[C@@H](O)[C@H]1O. The van der Waals surface area contributed by atoms with E-state index in [4.69, 9.17) is 35.7 Å². The van der Waals surface area contributed by atoms with E-state index in [2.05, 4.69) is 27.1 Å². The number of hydrazone groups is 1. The van der Waals surface area contributed by atoms with Crippen LogP contribution in [0.15, 0.2) is 5.10 Å². The van der Waals surface area contributed by atoms with Gasteiger partial charge in [-0.3, -0.25) is 4.57 Å². The van der Waals surface area contributed by atoms with Gasteiger partial charge in [0, 0.05) is 25.4 Å². The average Bonchev–Trinajstić information content (AvgIpc) is 3.48. The summed E-state index contributed by atoms with van der Waals surface area (Å²) >= 11 is 6.18. The van der Waals surface area contributed by atoms with Crippen molar-refractivity contribution in [2.45, 2.75) is 68.5 Å². The van der Waals surface area contributed by atoms with Gasteiger partial charge in [-0.1, -0.05) is 12.8 Å². The lowest BCUT2D eigenvalue weighted by Gasteiger charge is -2.34. The van der Waals surface area contributed by atoms with Gasteiger partial charge >= 0.3 is 13.6 Å². The van der Waals surface area contributed by atoms with Crippen molar-refractivity contribution in [3.8, 4) is 0 Å². The number of halogens is 1. The van der Waals surface area contributed by atoms with E-state index < -0.39 is 69.9 Å². The summed E-state index contributed by atoms with van der Waals surface area (Å²) in [6.07, 6.45) is -1.73. The molecule has 3 rings (SSSR count). The summed E-state index contributed by atoms with van der Waals surface area (Å²) in [6, 6.07) is 0.209. The van der Waals surface area contributed by atoms with E-state index in [0.29, 0.717) is 11.4 Å². The molecule has 1 aromatic heterocycles. The standard InChI is InChI=1S/C22H35ClN5O11P/c1-12-18(25-13-6-4-5-7-13)26-21(23)27-19(12)28(24-2)20-17(32)16(31)14(39-20)8-38-22(10-36-3,40(33,34)35)11-37-9-15(29)30/h13-14,16-17,20,31-32H,2,4-11H2,1,3H3,(H,29,30)(H,25,26,27)(H2,33,34,35)/t14-,16-,17-,20-,22+/m1/s1. The van der Waals surface area contributed by atoms with Crippen molar-refractivity contribution in [3.63, 3.8) is 0 Å². The number of hydrogen-bond donors (Lipinski definition) is 6. The number of aromatic nitrogens is 2. The van der Waals surface area contributed by atoms with Crippen molar-refractivity contribution < 1.29 is 53.4 Å². The van der Waals surface area contributed by atoms with E-state index in [1.807, 2.05) is 0 Å². The van der Waals surface area contributed by atoms with Crippen LogP contribution in [0.2, 0.25) is 5.28 Å². The molecule has 1 aliphatic carbocycles. The van der Waals surface area contributed by atoms with Crippen molar-refractivity contribution in [1.82, 2.24) is 9.97 Å². The molecule has 0 radical (unpaired) electrons. The van der Waals surface area contributed by atoms with Gasteiger partial charge in [0.25, 0.3) is 0 Å². The molecule has 1 saturated heterocycles. The number of carbonyl (C=O) groups is 1. The maximum atomic E-state index is 12.3. The van der Waals surface area contributed by atoms with Crippen LogP contribution >= 0.6 is 19.2 Å². The Balaban J connectivity index is 1.81. The summed E-state index contributed by atoms with van der Waals surface area (Å²) in [5.74, 6) is -0.744. The van der Waals surface area contributed by atoms with Gasteiger partial charge in [-0.05, 0) is 31.4 Å². The van der Waals surface area contributed by atoms with E-state index in [0.717, 1.165) is 37.8 Å². The molecule has 18 heteroatoms. The molecule has 2 fully saturated rings. The van der Waals surface area contributed by atoms with E-state index in [1.165, 1.54) is 0 Å². The number of rotatable bonds is 15. The molecule has 2 aliphatic rings. The summed E-state index contributed by atoms with van der Waals surface area (Å²) in [5.41, 5.74) is 0.532. The number of hydrogen-bond acceptors (Lipinski definition) is 13. The van der Waals surface area contributed by atoms with Gasteiger partial charge in [0.1, 0.15) is 30.7 Å². The van der Waals surface area contributed by atoms with Crippen LogP contribution in [0.3, 0.4) is 0 Å². The largest absolute Gasteiger partial charge is 0.480 e. The van der Waals surface area contributed by atoms with Crippen LogP contribution in [0.4, 0.5) is 11.6 Å². The summed E-state index contributed by atoms with van der Waals surface area (Å²) in [5, 5.41) is 36.2. The van der Waals surface area contributed by atoms with Gasteiger partial charge in [0.15, 0.2) is 12.0 Å². The minimum atomic E-state index is -5.14. The van der Waals surface area contributed by atoms with Crippen LogP contribution in [0.25, 0.3) is 0 Å². The molecule has 1 aliphatic heterocycles. The highest BCUT2D eigenvalue weighted by molar-refractivity contribution is 7.53. The molecule has 6 N–H and O–H groups in total. The molecule has 1 aromatic rings. The molecule has 0 spiro atoms. The molecule has 2 heterocycles. The Morgan fingerprint density at radius 2 is 1.95 bits per heavy atom. The van der Waals surface area contributed by atoms with Crippen LogP contribution in [0, 0.1) is 6.92 Å². The first-order valence-corrected chi connectivity index (χ1v) is 14.4. The molecule has 0 unspecified atom stereocenters. The van der Waals surface area contributed by atoms with Crippen LogP contribution in [0.5, 0.6) is 0 Å². The number of carboxylic acids is 1. The second-order valence-electron chi connectivity index (χ2n) is 9.57. The molecule has 1 saturated carbocycles. The minimum Gasteiger partial charge on any atom is -0.480 e. The molecule has 5 atom stereocenters. The summed E-state index contributed by atoms with van der Waals surface area (Å²) in [7, 11) is -3.98. The number of carboxylic acid groups (broad SMARTS) is 1. The first-order chi connectivity index (χ1) is 18.8. The number of methoxy groups -OCH3 is 1. The maximum absolute atomic E-state index is 12.3. The number of aliphatic hydroxyl groups is 2. The fourth-order valence-corrected chi connectivity index (χ4v) is 5.54. The average molecular weight is 612 g/mol. The third-order valence-electron chi connectivity index (χ3n) is 6.71. The second kappa shape index (κ2) is 13.8. The van der Waals surface area contributed by atoms with Crippen molar-refractivity contribution in [2.24, 2.45) is 5.10 Å². The number of nitrogens with one attached hydrogen (secondary N) is 1. The second-order valence-corrected chi connectivity index (χ2v) is 11.8. The molecule has 0 amide bonds. The van der Waals surface area contributed by atoms with Gasteiger partial charge in [0.2, 0.25) is 10.6 Å². The molecular formula is C22H35ClN5O11P. The fourth-order valence-electron chi connectivity index (χ4n) is 4.58. The van der Waals surface area contributed by atoms with E-state index in [9.17, 15) is 29.4 Å². The summed E-state index contributed by atoms with van der Waals surface area (Å²) < 4.78 is 33.5. The highest BCUT2D eigenvalue weighted by atomic mass is 35.5. The lowest BCUT2D eigenvalue weighted by atomic mass is 10.1. The van der Waals surface area contributed by atoms with Gasteiger partial charge in [-0.2, -0.15) is 10.1 Å². The number of aliphatic hydroxyl groups excluding tert-OH is 2. The number of aliphatic carboxylic acids is 1. The Kier molecular flexibility index (Phi) is 11.2. The Hall–Kier alpha value is -1.98. The third kappa shape index (κ3) is 7.45. The van der Waals surface area contributed by atoms with Crippen molar-refractivity contribution >= 4 is 43.5 Å². The van der Waals surface area contributed by atoms with Gasteiger partial charge in [-0.25, -0.2) is 14.8 Å². The van der Waals surface area contributed by atoms with Crippen molar-refractivity contribution in [2.75, 3.05) is 43.9 Å². The van der Waals surface area contributed by atoms with Crippen LogP contribution in [-0.2, 0) is 28.3 Å². The van der Waals surface area contributed by atoms with Crippen LogP contribution in [0.1, 0.15) is 31.2 Å². The van der Waals surface area contributed by atoms with Gasteiger partial charge in [-0.15, -0.1) is 0 Å². The predicted octanol–water partition coefficient (Wildman–Crippen LogP) is 0.300. The highest BCUT2D eigenvalue weighted by Crippen LogP contribution is 2.52. The zero-order chi connectivity index (χ0) is 29.7. The summed E-state index contributed by atoms with van der Waals surface area (Å²) in [6.45, 7) is 2.22. The molecule has 16 nitrogen and oxygen atoms in total. The fraction of sp³-hybridized carbons (Fsp3) is 0.727. The van der Waals surface area contributed by atoms with Gasteiger partial charge in [0.05, 0.1) is 19.8 Å². The summed E-state index contributed by atoms with van der Waals surface area (Å²) in [4.78, 5) is 39.3. The van der Waals surface area contributed by atoms with Crippen molar-refractivity contribution in [1.29, 1.82) is 0 Å². The first-order valence-electron chi connectivity index (χ1n) is 12.4. The van der Waals surface area contributed by atoms with Crippen molar-refractivity contribution in [3.05, 3.63) is 10.8 Å². The lowest BCUT2D eigenvalue weighted by molar-refractivity contribution is -0.150. The Morgan fingerprint density at radius 3 is 2.52 bits per heavy atom. The Morgan fingerprint density at radius 1 is 1.27 bits per heavy atom. The smallest absolute Gasteiger partial charge is 0.361 e. The molecular weight excluding hydrogens is 577 g/mol. The first kappa shape index (κ1) is 32.5. The third-order valence-corrected chi connectivity index (χ3v) is 8.32. The van der Waals surface area contributed by atoms with E-state index >= 15 is 0 Å². The van der Waals surface area contributed by atoms with E-state index in [1.54, 1.807) is 6.92 Å². The number of nitrogens with zero attached hydrogens (tertiary/aromatic N) is 4. The molecule has 0 aromatic carbocycles. The zero-order valence-electron chi connectivity index (χ0n) is 22.1.